The molecule has 27 heavy (non-hydrogen) atoms. The number of anilines is 1. The monoisotopic (exact) mass is 476 g/mol. The number of nitrogens with zero attached hydrogens (tertiary/aromatic N) is 4. The Kier molecular flexibility index (Phi) is 5.44. The zero-order valence-electron chi connectivity index (χ0n) is 13.0. The summed E-state index contributed by atoms with van der Waals surface area (Å²) in [6.45, 7) is 0.0224. The molecule has 140 valence electrons. The molecule has 9 nitrogen and oxygen atoms in total. The molecule has 3 rings (SSSR count). The van der Waals surface area contributed by atoms with Crippen molar-refractivity contribution in [3.05, 3.63) is 66.1 Å². The molecule has 0 bridgehead atoms. The summed E-state index contributed by atoms with van der Waals surface area (Å²) < 4.78 is 15.7. The van der Waals surface area contributed by atoms with Crippen molar-refractivity contribution in [2.24, 2.45) is 0 Å². The third kappa shape index (κ3) is 3.94. The minimum atomic E-state index is -0.806. The molecule has 0 fully saturated rings. The van der Waals surface area contributed by atoms with Gasteiger partial charge in [-0.3, -0.25) is 9.48 Å². The van der Waals surface area contributed by atoms with Gasteiger partial charge in [0.05, 0.1) is 11.0 Å². The average Bonchev–Trinajstić information content (AvgIpc) is 3.14. The Hall–Kier alpha value is -2.50. The number of hydrogen-bond donors (Lipinski definition) is 2. The van der Waals surface area contributed by atoms with Crippen LogP contribution in [0.25, 0.3) is 0 Å². The molecular formula is C14H8BrCl2FN6O3. The van der Waals surface area contributed by atoms with E-state index in [4.69, 9.17) is 23.2 Å². The summed E-state index contributed by atoms with van der Waals surface area (Å²) in [6, 6.07) is 4.31. The minimum absolute atomic E-state index is 0.0224. The SMILES string of the molecule is O=C(Nc1nn(Cc2c(F)cccc2Cl)cc1Br)c1n[nH]c([N+](=O)[O-])c1Cl. The van der Waals surface area contributed by atoms with Crippen molar-refractivity contribution < 1.29 is 14.1 Å². The molecule has 13 heteroatoms. The average molecular weight is 478 g/mol. The molecule has 0 atom stereocenters. The molecule has 0 saturated carbocycles. The molecule has 0 aliphatic carbocycles. The topological polar surface area (TPSA) is 119 Å². The fraction of sp³-hybridized carbons (Fsp3) is 0.0714. The normalized spacial score (nSPS) is 10.8. The molecule has 0 aliphatic heterocycles. The van der Waals surface area contributed by atoms with Gasteiger partial charge in [-0.15, -0.1) is 5.10 Å². The molecule has 2 N–H and O–H groups in total. The summed E-state index contributed by atoms with van der Waals surface area (Å²) in [5.41, 5.74) is -0.125. The van der Waals surface area contributed by atoms with E-state index in [0.29, 0.717) is 4.47 Å². The van der Waals surface area contributed by atoms with E-state index in [-0.39, 0.29) is 28.6 Å². The van der Waals surface area contributed by atoms with E-state index >= 15 is 0 Å². The van der Waals surface area contributed by atoms with Gasteiger partial charge < -0.3 is 15.4 Å². The Morgan fingerprint density at radius 2 is 2.19 bits per heavy atom. The first kappa shape index (κ1) is 19.3. The van der Waals surface area contributed by atoms with Crippen LogP contribution in [-0.4, -0.2) is 30.8 Å². The summed E-state index contributed by atoms with van der Waals surface area (Å²) in [4.78, 5) is 22.2. The summed E-state index contributed by atoms with van der Waals surface area (Å²) in [6.07, 6.45) is 1.51. The highest BCUT2D eigenvalue weighted by Crippen LogP contribution is 2.27. The molecule has 0 spiro atoms. The lowest BCUT2D eigenvalue weighted by atomic mass is 10.2. The predicted molar refractivity (Wildman–Crippen MR) is 98.6 cm³/mol. The van der Waals surface area contributed by atoms with E-state index in [1.807, 2.05) is 0 Å². The van der Waals surface area contributed by atoms with Gasteiger partial charge in [0, 0.05) is 16.8 Å². The van der Waals surface area contributed by atoms with Gasteiger partial charge in [-0.05, 0) is 33.0 Å². The molecule has 0 saturated heterocycles. The zero-order valence-corrected chi connectivity index (χ0v) is 16.1. The third-order valence-corrected chi connectivity index (χ3v) is 4.71. The second kappa shape index (κ2) is 7.62. The second-order valence-corrected chi connectivity index (χ2v) is 6.81. The number of halogens is 4. The number of nitrogens with one attached hydrogen (secondary N) is 2. The maximum absolute atomic E-state index is 13.9. The lowest BCUT2D eigenvalue weighted by molar-refractivity contribution is -0.389. The van der Waals surface area contributed by atoms with Crippen LogP contribution in [-0.2, 0) is 6.54 Å². The second-order valence-electron chi connectivity index (χ2n) is 5.17. The minimum Gasteiger partial charge on any atom is -0.358 e. The van der Waals surface area contributed by atoms with E-state index in [0.717, 1.165) is 0 Å². The third-order valence-electron chi connectivity index (χ3n) is 3.42. The zero-order chi connectivity index (χ0) is 19.7. The molecule has 3 aromatic rings. The lowest BCUT2D eigenvalue weighted by Gasteiger charge is -2.05. The number of benzene rings is 1. The maximum atomic E-state index is 13.9. The van der Waals surface area contributed by atoms with Crippen LogP contribution in [0.3, 0.4) is 0 Å². The molecule has 1 aromatic carbocycles. The van der Waals surface area contributed by atoms with Gasteiger partial charge in [0.2, 0.25) is 0 Å². The van der Waals surface area contributed by atoms with Crippen LogP contribution in [0.2, 0.25) is 10.0 Å². The quantitative estimate of drug-likeness (QED) is 0.424. The molecule has 0 aliphatic rings. The number of H-pyrrole nitrogens is 1. The maximum Gasteiger partial charge on any atom is 0.362 e. The van der Waals surface area contributed by atoms with E-state index in [9.17, 15) is 19.3 Å². The van der Waals surface area contributed by atoms with Gasteiger partial charge in [-0.25, -0.2) is 4.39 Å². The highest BCUT2D eigenvalue weighted by molar-refractivity contribution is 9.10. The van der Waals surface area contributed by atoms with Crippen molar-refractivity contribution >= 4 is 56.7 Å². The van der Waals surface area contributed by atoms with E-state index in [2.05, 4.69) is 36.5 Å². The molecule has 0 unspecified atom stereocenters. The van der Waals surface area contributed by atoms with Crippen LogP contribution >= 0.6 is 39.1 Å². The number of carbonyl (C=O) groups excluding carboxylic acids is 1. The van der Waals surface area contributed by atoms with Gasteiger partial charge in [-0.2, -0.15) is 5.10 Å². The first-order chi connectivity index (χ1) is 12.8. The summed E-state index contributed by atoms with van der Waals surface area (Å²) in [5, 5.41) is 22.7. The fourth-order valence-electron chi connectivity index (χ4n) is 2.17. The molecule has 2 aromatic heterocycles. The molecule has 2 heterocycles. The number of rotatable bonds is 5. The van der Waals surface area contributed by atoms with Crippen LogP contribution in [0.15, 0.2) is 28.9 Å². The van der Waals surface area contributed by atoms with Gasteiger partial charge >= 0.3 is 5.82 Å². The van der Waals surface area contributed by atoms with Crippen molar-refractivity contribution in [1.29, 1.82) is 0 Å². The van der Waals surface area contributed by atoms with Crippen molar-refractivity contribution in [2.45, 2.75) is 6.54 Å². The molecule has 0 radical (unpaired) electrons. The van der Waals surface area contributed by atoms with Gasteiger partial charge in [-0.1, -0.05) is 34.4 Å². The highest BCUT2D eigenvalue weighted by Gasteiger charge is 2.26. The van der Waals surface area contributed by atoms with Crippen LogP contribution in [0, 0.1) is 15.9 Å². The van der Waals surface area contributed by atoms with Crippen molar-refractivity contribution in [1.82, 2.24) is 20.0 Å². The number of aromatic amines is 1. The van der Waals surface area contributed by atoms with Crippen LogP contribution in [0.1, 0.15) is 16.1 Å². The largest absolute Gasteiger partial charge is 0.362 e. The smallest absolute Gasteiger partial charge is 0.358 e. The number of amides is 1. The van der Waals surface area contributed by atoms with E-state index in [1.165, 1.54) is 23.0 Å². The van der Waals surface area contributed by atoms with Crippen LogP contribution < -0.4 is 5.32 Å². The van der Waals surface area contributed by atoms with Crippen molar-refractivity contribution in [3.63, 3.8) is 0 Å². The Labute approximate surface area is 168 Å². The first-order valence-corrected chi connectivity index (χ1v) is 8.68. The number of hydrogen-bond acceptors (Lipinski definition) is 5. The van der Waals surface area contributed by atoms with Crippen LogP contribution in [0.5, 0.6) is 0 Å². The van der Waals surface area contributed by atoms with Crippen LogP contribution in [0.4, 0.5) is 16.0 Å². The number of aromatic nitrogens is 4. The van der Waals surface area contributed by atoms with Crippen molar-refractivity contribution in [2.75, 3.05) is 5.32 Å². The standard InChI is InChI=1S/C14H8BrCl2FN6O3/c15-7-5-23(4-6-8(16)2-1-3-9(6)18)22-12(7)19-14(25)11-10(17)13(21-20-11)24(26)27/h1-3,5H,4H2,(H,20,21)(H,19,22,25). The van der Waals surface area contributed by atoms with E-state index in [1.54, 1.807) is 6.07 Å². The van der Waals surface area contributed by atoms with Crippen molar-refractivity contribution in [3.8, 4) is 0 Å². The molecule has 1 amide bonds. The highest BCUT2D eigenvalue weighted by atomic mass is 79.9. The lowest BCUT2D eigenvalue weighted by Crippen LogP contribution is -2.14. The fourth-order valence-corrected chi connectivity index (χ4v) is 3.04. The van der Waals surface area contributed by atoms with Gasteiger partial charge in [0.25, 0.3) is 5.91 Å². The molecular weight excluding hydrogens is 470 g/mol. The Morgan fingerprint density at radius 3 is 2.81 bits per heavy atom. The Morgan fingerprint density at radius 1 is 1.44 bits per heavy atom. The first-order valence-electron chi connectivity index (χ1n) is 7.13. The summed E-state index contributed by atoms with van der Waals surface area (Å²) >= 11 is 15.0. The van der Waals surface area contributed by atoms with Gasteiger partial charge in [0.1, 0.15) is 5.82 Å². The summed E-state index contributed by atoms with van der Waals surface area (Å²) in [7, 11) is 0. The number of carbonyl (C=O) groups is 1. The predicted octanol–water partition coefficient (Wildman–Crippen LogP) is 4.02. The Balaban J connectivity index is 1.81. The number of nitro groups is 1. The van der Waals surface area contributed by atoms with Gasteiger partial charge in [0.15, 0.2) is 16.5 Å². The Bertz CT molecular complexity index is 1030. The summed E-state index contributed by atoms with van der Waals surface area (Å²) in [5.74, 6) is -1.80. The van der Waals surface area contributed by atoms with E-state index < -0.39 is 27.5 Å².